The lowest BCUT2D eigenvalue weighted by Crippen LogP contribution is -2.38. The third kappa shape index (κ3) is 4.74. The van der Waals surface area contributed by atoms with Gasteiger partial charge >= 0.3 is 5.97 Å². The molecule has 0 aliphatic carbocycles. The number of hydrogen-bond donors (Lipinski definition) is 2. The smallest absolute Gasteiger partial charge is 0.339 e. The van der Waals surface area contributed by atoms with Crippen LogP contribution >= 0.6 is 0 Å². The molecule has 2 aromatic carbocycles. The van der Waals surface area contributed by atoms with E-state index in [0.717, 1.165) is 49.3 Å². The lowest BCUT2D eigenvalue weighted by Gasteiger charge is -2.29. The Kier molecular flexibility index (Phi) is 6.55. The van der Waals surface area contributed by atoms with Crippen LogP contribution in [0, 0.1) is 0 Å². The highest BCUT2D eigenvalue weighted by Gasteiger charge is 2.37. The first-order valence-electron chi connectivity index (χ1n) is 12.2. The van der Waals surface area contributed by atoms with Gasteiger partial charge < -0.3 is 24.5 Å². The molecule has 8 heteroatoms. The molecule has 2 aliphatic heterocycles. The molecule has 3 heterocycles. The van der Waals surface area contributed by atoms with Gasteiger partial charge in [0.2, 0.25) is 0 Å². The van der Waals surface area contributed by atoms with E-state index in [2.05, 4.69) is 9.88 Å². The molecule has 1 aromatic heterocycles. The molecule has 2 N–H and O–H groups in total. The highest BCUT2D eigenvalue weighted by atomic mass is 16.5. The molecule has 0 spiro atoms. The van der Waals surface area contributed by atoms with Crippen molar-refractivity contribution in [2.75, 3.05) is 46.0 Å². The number of nitrogens with one attached hydrogen (secondary N) is 1. The van der Waals surface area contributed by atoms with Crippen molar-refractivity contribution in [2.45, 2.75) is 19.3 Å². The fraction of sp³-hybridized carbons (Fsp3) is 0.357. The van der Waals surface area contributed by atoms with Crippen LogP contribution in [0.4, 0.5) is 0 Å². The van der Waals surface area contributed by atoms with E-state index >= 15 is 0 Å². The van der Waals surface area contributed by atoms with Gasteiger partial charge in [0.05, 0.1) is 24.5 Å². The summed E-state index contributed by atoms with van der Waals surface area (Å²) in [6.45, 7) is 9.13. The monoisotopic (exact) mass is 489 g/mol. The van der Waals surface area contributed by atoms with Gasteiger partial charge in [-0.05, 0) is 35.9 Å². The number of aromatic nitrogens is 1. The number of morpholine rings is 1. The number of aliphatic carboxylic acids is 1. The summed E-state index contributed by atoms with van der Waals surface area (Å²) in [5.74, 6) is -0.641. The summed E-state index contributed by atoms with van der Waals surface area (Å²) in [6, 6.07) is 14.8. The van der Waals surface area contributed by atoms with Crippen molar-refractivity contribution in [3.63, 3.8) is 0 Å². The molecule has 0 radical (unpaired) electrons. The van der Waals surface area contributed by atoms with Gasteiger partial charge in [-0.3, -0.25) is 9.69 Å². The first kappa shape index (κ1) is 24.1. The predicted molar refractivity (Wildman–Crippen MR) is 137 cm³/mol. The highest BCUT2D eigenvalue weighted by molar-refractivity contribution is 6.17. The fourth-order valence-electron chi connectivity index (χ4n) is 5.09. The van der Waals surface area contributed by atoms with E-state index in [1.165, 1.54) is 11.1 Å². The van der Waals surface area contributed by atoms with Gasteiger partial charge in [-0.15, -0.1) is 0 Å². The van der Waals surface area contributed by atoms with E-state index in [1.54, 1.807) is 24.3 Å². The molecule has 0 bridgehead atoms. The number of hydrogen-bond acceptors (Lipinski definition) is 5. The summed E-state index contributed by atoms with van der Waals surface area (Å²) in [7, 11) is 0. The molecule has 188 valence electrons. The summed E-state index contributed by atoms with van der Waals surface area (Å²) < 4.78 is 11.2. The maximum Gasteiger partial charge on any atom is 0.339 e. The van der Waals surface area contributed by atoms with E-state index in [-0.39, 0.29) is 11.5 Å². The molecule has 0 saturated carbocycles. The van der Waals surface area contributed by atoms with Crippen LogP contribution in [0.1, 0.15) is 35.5 Å². The molecule has 1 amide bonds. The number of aromatic amines is 1. The van der Waals surface area contributed by atoms with Crippen LogP contribution in [0.25, 0.3) is 16.5 Å². The number of carbonyl (C=O) groups excluding carboxylic acids is 1. The molecule has 0 atom stereocenters. The van der Waals surface area contributed by atoms with Gasteiger partial charge in [0.25, 0.3) is 5.91 Å². The van der Waals surface area contributed by atoms with Crippen LogP contribution in [-0.2, 0) is 14.9 Å². The second-order valence-corrected chi connectivity index (χ2v) is 9.91. The molecule has 36 heavy (non-hydrogen) atoms. The zero-order valence-corrected chi connectivity index (χ0v) is 20.6. The number of rotatable bonds is 6. The Labute approximate surface area is 210 Å². The summed E-state index contributed by atoms with van der Waals surface area (Å²) in [5, 5.41) is 11.0. The van der Waals surface area contributed by atoms with Crippen LogP contribution in [0.2, 0.25) is 0 Å². The van der Waals surface area contributed by atoms with Crippen molar-refractivity contribution in [1.82, 2.24) is 14.8 Å². The van der Waals surface area contributed by atoms with Crippen LogP contribution < -0.4 is 4.74 Å². The van der Waals surface area contributed by atoms with Crippen molar-refractivity contribution in [1.29, 1.82) is 0 Å². The van der Waals surface area contributed by atoms with Crippen LogP contribution in [0.15, 0.2) is 54.7 Å². The molecule has 5 rings (SSSR count). The molecular formula is C28H31N3O5. The fourth-order valence-corrected chi connectivity index (χ4v) is 5.09. The number of amides is 1. The zero-order valence-electron chi connectivity index (χ0n) is 20.6. The van der Waals surface area contributed by atoms with Gasteiger partial charge in [0.1, 0.15) is 12.4 Å². The Hall–Kier alpha value is -3.62. The van der Waals surface area contributed by atoms with Crippen molar-refractivity contribution in [3.05, 3.63) is 71.6 Å². The first-order chi connectivity index (χ1) is 17.3. The second kappa shape index (κ2) is 9.79. The van der Waals surface area contributed by atoms with Gasteiger partial charge in [-0.25, -0.2) is 4.79 Å². The third-order valence-electron chi connectivity index (χ3n) is 6.88. The van der Waals surface area contributed by atoms with Gasteiger partial charge in [0, 0.05) is 54.3 Å². The molecule has 0 unspecified atom stereocenters. The van der Waals surface area contributed by atoms with Crippen molar-refractivity contribution >= 4 is 28.4 Å². The SMILES string of the molecule is CC1(C)CN(C(=O)c2ccc(OCCN3CCOCC3)cc2)C=C(C(=O)O)c2[nH]c3ccccc3c21. The number of carbonyl (C=O) groups is 2. The quantitative estimate of drug-likeness (QED) is 0.548. The number of carboxylic acids is 1. The second-order valence-electron chi connectivity index (χ2n) is 9.91. The Balaban J connectivity index is 1.35. The van der Waals surface area contributed by atoms with Crippen molar-refractivity contribution in [2.24, 2.45) is 0 Å². The van der Waals surface area contributed by atoms with Crippen molar-refractivity contribution < 1.29 is 24.2 Å². The number of H-pyrrole nitrogens is 1. The lowest BCUT2D eigenvalue weighted by atomic mass is 9.81. The number of nitrogens with zero attached hydrogens (tertiary/aromatic N) is 2. The average Bonchev–Trinajstić information content (AvgIpc) is 3.22. The van der Waals surface area contributed by atoms with Crippen LogP contribution in [0.3, 0.4) is 0 Å². The molecule has 8 nitrogen and oxygen atoms in total. The largest absolute Gasteiger partial charge is 0.492 e. The lowest BCUT2D eigenvalue weighted by molar-refractivity contribution is -0.130. The summed E-state index contributed by atoms with van der Waals surface area (Å²) in [6.07, 6.45) is 1.46. The Morgan fingerprint density at radius 1 is 1.08 bits per heavy atom. The maximum atomic E-state index is 13.5. The van der Waals surface area contributed by atoms with E-state index < -0.39 is 11.4 Å². The molecule has 1 fully saturated rings. The number of benzene rings is 2. The Morgan fingerprint density at radius 2 is 1.81 bits per heavy atom. The van der Waals surface area contributed by atoms with Crippen LogP contribution in [-0.4, -0.2) is 77.8 Å². The normalized spacial score (nSPS) is 17.8. The minimum Gasteiger partial charge on any atom is -0.492 e. The molecular weight excluding hydrogens is 458 g/mol. The van der Waals surface area contributed by atoms with E-state index in [4.69, 9.17) is 9.47 Å². The van der Waals surface area contributed by atoms with Gasteiger partial charge in [0.15, 0.2) is 0 Å². The van der Waals surface area contributed by atoms with E-state index in [0.29, 0.717) is 30.2 Å². The van der Waals surface area contributed by atoms with E-state index in [1.807, 2.05) is 38.1 Å². The standard InChI is InChI=1S/C28H31N3O5/c1-28(2)18-31(17-22(27(33)34)25-24(28)21-5-3-4-6-23(21)29-25)26(32)19-7-9-20(10-8-19)36-16-13-30-11-14-35-15-12-30/h3-10,17,29H,11-16,18H2,1-2H3,(H,33,34). The summed E-state index contributed by atoms with van der Waals surface area (Å²) in [4.78, 5) is 32.9. The Morgan fingerprint density at radius 3 is 2.53 bits per heavy atom. The topological polar surface area (TPSA) is 95.1 Å². The van der Waals surface area contributed by atoms with Gasteiger partial charge in [-0.2, -0.15) is 0 Å². The van der Waals surface area contributed by atoms with Crippen LogP contribution in [0.5, 0.6) is 5.75 Å². The Bertz CT molecular complexity index is 1300. The number of ether oxygens (including phenoxy) is 2. The third-order valence-corrected chi connectivity index (χ3v) is 6.88. The van der Waals surface area contributed by atoms with Gasteiger partial charge in [-0.1, -0.05) is 32.0 Å². The zero-order chi connectivity index (χ0) is 25.3. The highest BCUT2D eigenvalue weighted by Crippen LogP contribution is 2.40. The summed E-state index contributed by atoms with van der Waals surface area (Å²) in [5.41, 5.74) is 2.40. The predicted octanol–water partition coefficient (Wildman–Crippen LogP) is 3.74. The first-order valence-corrected chi connectivity index (χ1v) is 12.2. The number of fused-ring (bicyclic) bond motifs is 3. The maximum absolute atomic E-state index is 13.5. The molecule has 2 aliphatic rings. The average molecular weight is 490 g/mol. The molecule has 3 aromatic rings. The van der Waals surface area contributed by atoms with Crippen molar-refractivity contribution in [3.8, 4) is 5.75 Å². The molecule has 1 saturated heterocycles. The number of para-hydroxylation sites is 1. The minimum absolute atomic E-state index is 0.0724. The van der Waals surface area contributed by atoms with E-state index in [9.17, 15) is 14.7 Å². The minimum atomic E-state index is -1.08. The number of carboxylic acid groups (broad SMARTS) is 1. The summed E-state index contributed by atoms with van der Waals surface area (Å²) >= 11 is 0.